The maximum Gasteiger partial charge on any atom is 0.249 e. The third kappa shape index (κ3) is 6.83. The lowest BCUT2D eigenvalue weighted by atomic mass is 10.2. The molecule has 0 spiro atoms. The van der Waals surface area contributed by atoms with E-state index in [-0.39, 0.29) is 42.9 Å². The zero-order valence-corrected chi connectivity index (χ0v) is 14.1. The monoisotopic (exact) mass is 349 g/mol. The number of carbonyl (C=O) groups excluding carboxylic acids is 1. The average molecular weight is 350 g/mol. The number of hydrogen-bond acceptors (Lipinski definition) is 4. The summed E-state index contributed by atoms with van der Waals surface area (Å²) in [5, 5.41) is 6.22. The molecule has 2 rings (SSSR count). The highest BCUT2D eigenvalue weighted by atomic mass is 35.5. The van der Waals surface area contributed by atoms with Gasteiger partial charge in [0.05, 0.1) is 6.10 Å². The number of carbonyl (C=O) groups is 1. The molecule has 1 amide bonds. The van der Waals surface area contributed by atoms with E-state index in [1.165, 1.54) is 0 Å². The zero-order chi connectivity index (χ0) is 14.2. The molecular formula is C15H25Cl2N3O2. The lowest BCUT2D eigenvalue weighted by molar-refractivity contribution is -0.131. The molecule has 5 nitrogen and oxygen atoms in total. The van der Waals surface area contributed by atoms with Crippen molar-refractivity contribution >= 4 is 36.4 Å². The van der Waals surface area contributed by atoms with Gasteiger partial charge in [-0.25, -0.2) is 0 Å². The van der Waals surface area contributed by atoms with Crippen LogP contribution < -0.4 is 16.4 Å². The Morgan fingerprint density at radius 3 is 2.55 bits per heavy atom. The van der Waals surface area contributed by atoms with E-state index >= 15 is 0 Å². The maximum atomic E-state index is 11.8. The summed E-state index contributed by atoms with van der Waals surface area (Å²) in [7, 11) is 0. The van der Waals surface area contributed by atoms with Gasteiger partial charge in [0.15, 0.2) is 0 Å². The number of benzene rings is 1. The highest BCUT2D eigenvalue weighted by molar-refractivity contribution is 5.85. The molecule has 0 aromatic heterocycles. The first kappa shape index (κ1) is 21.0. The Labute approximate surface area is 144 Å². The van der Waals surface area contributed by atoms with Gasteiger partial charge in [0.25, 0.3) is 0 Å². The van der Waals surface area contributed by atoms with Gasteiger partial charge in [-0.1, -0.05) is 18.2 Å². The maximum absolute atomic E-state index is 11.8. The van der Waals surface area contributed by atoms with E-state index in [0.29, 0.717) is 13.1 Å². The molecule has 7 heteroatoms. The summed E-state index contributed by atoms with van der Waals surface area (Å²) >= 11 is 0. The van der Waals surface area contributed by atoms with Crippen molar-refractivity contribution in [3.8, 4) is 0 Å². The van der Waals surface area contributed by atoms with Crippen molar-refractivity contribution in [2.24, 2.45) is 5.73 Å². The first-order chi connectivity index (χ1) is 9.79. The molecule has 1 fully saturated rings. The molecular weight excluding hydrogens is 325 g/mol. The molecule has 1 saturated heterocycles. The average Bonchev–Trinajstić information content (AvgIpc) is 2.97. The topological polar surface area (TPSA) is 76.4 Å². The van der Waals surface area contributed by atoms with Crippen molar-refractivity contribution in [1.29, 1.82) is 0 Å². The first-order valence-electron chi connectivity index (χ1n) is 7.21. The summed E-state index contributed by atoms with van der Waals surface area (Å²) in [6, 6.07) is 10.0. The Kier molecular flexibility index (Phi) is 11.0. The fraction of sp³-hybridized carbons (Fsp3) is 0.533. The molecule has 126 valence electrons. The molecule has 22 heavy (non-hydrogen) atoms. The van der Waals surface area contributed by atoms with Gasteiger partial charge in [0.1, 0.15) is 6.10 Å². The number of nitrogens with one attached hydrogen (secondary N) is 2. The van der Waals surface area contributed by atoms with Crippen LogP contribution in [0.4, 0.5) is 5.69 Å². The van der Waals surface area contributed by atoms with Crippen LogP contribution in [0.2, 0.25) is 0 Å². The second-order valence-corrected chi connectivity index (χ2v) is 5.00. The molecule has 1 aromatic rings. The Bertz CT molecular complexity index is 421. The lowest BCUT2D eigenvalue weighted by Crippen LogP contribution is -2.36. The van der Waals surface area contributed by atoms with Crippen molar-refractivity contribution in [3.05, 3.63) is 30.3 Å². The van der Waals surface area contributed by atoms with Crippen molar-refractivity contribution in [1.82, 2.24) is 5.32 Å². The fourth-order valence-electron chi connectivity index (χ4n) is 2.27. The quantitative estimate of drug-likeness (QED) is 0.657. The van der Waals surface area contributed by atoms with E-state index in [2.05, 4.69) is 10.6 Å². The Morgan fingerprint density at radius 1 is 1.18 bits per heavy atom. The van der Waals surface area contributed by atoms with E-state index < -0.39 is 0 Å². The summed E-state index contributed by atoms with van der Waals surface area (Å²) in [6.45, 7) is 1.98. The first-order valence-corrected chi connectivity index (χ1v) is 7.21. The van der Waals surface area contributed by atoms with Crippen LogP contribution >= 0.6 is 24.8 Å². The minimum absolute atomic E-state index is 0. The van der Waals surface area contributed by atoms with Gasteiger partial charge in [-0.3, -0.25) is 4.79 Å². The Hall–Kier alpha value is -1.01. The van der Waals surface area contributed by atoms with Crippen LogP contribution in [-0.4, -0.2) is 37.7 Å². The van der Waals surface area contributed by atoms with Gasteiger partial charge in [-0.15, -0.1) is 24.8 Å². The standard InChI is InChI=1S/C15H23N3O2.2ClH/c16-11-13-7-8-14(20-13)15(19)18-10-4-9-17-12-5-2-1-3-6-12;;/h1-3,5-6,13-14,17H,4,7-11,16H2,(H,18,19);2*1H/t13-,14+;;/m1../s1. The van der Waals surface area contributed by atoms with Crippen LogP contribution in [0.15, 0.2) is 30.3 Å². The third-order valence-electron chi connectivity index (χ3n) is 3.42. The van der Waals surface area contributed by atoms with Gasteiger partial charge in [-0.2, -0.15) is 0 Å². The molecule has 1 aliphatic heterocycles. The van der Waals surface area contributed by atoms with Crippen molar-refractivity contribution < 1.29 is 9.53 Å². The number of nitrogens with two attached hydrogens (primary N) is 1. The van der Waals surface area contributed by atoms with Gasteiger partial charge in [-0.05, 0) is 31.4 Å². The van der Waals surface area contributed by atoms with Crippen LogP contribution in [0, 0.1) is 0 Å². The minimum Gasteiger partial charge on any atom is -0.385 e. The zero-order valence-electron chi connectivity index (χ0n) is 12.5. The lowest BCUT2D eigenvalue weighted by Gasteiger charge is -2.13. The van der Waals surface area contributed by atoms with E-state index in [4.69, 9.17) is 10.5 Å². The molecule has 0 radical (unpaired) electrons. The van der Waals surface area contributed by atoms with E-state index in [0.717, 1.165) is 31.5 Å². The number of halogens is 2. The normalized spacial score (nSPS) is 19.7. The van der Waals surface area contributed by atoms with Crippen molar-refractivity contribution in [3.63, 3.8) is 0 Å². The number of rotatable bonds is 7. The van der Waals surface area contributed by atoms with Gasteiger partial charge < -0.3 is 21.1 Å². The molecule has 0 aliphatic carbocycles. The molecule has 4 N–H and O–H groups in total. The molecule has 1 aromatic carbocycles. The molecule has 2 atom stereocenters. The van der Waals surface area contributed by atoms with Gasteiger partial charge in [0, 0.05) is 25.3 Å². The summed E-state index contributed by atoms with van der Waals surface area (Å²) in [5.74, 6) is -0.0133. The molecule has 1 heterocycles. The smallest absolute Gasteiger partial charge is 0.249 e. The van der Waals surface area contributed by atoms with E-state index in [1.54, 1.807) is 0 Å². The van der Waals surface area contributed by atoms with Crippen LogP contribution in [0.25, 0.3) is 0 Å². The highest BCUT2D eigenvalue weighted by Crippen LogP contribution is 2.18. The fourth-order valence-corrected chi connectivity index (χ4v) is 2.27. The number of amides is 1. The second kappa shape index (κ2) is 11.5. The van der Waals surface area contributed by atoms with Gasteiger partial charge in [0.2, 0.25) is 5.91 Å². The minimum atomic E-state index is -0.314. The van der Waals surface area contributed by atoms with Crippen LogP contribution in [0.5, 0.6) is 0 Å². The SMILES string of the molecule is Cl.Cl.NC[C@H]1CC[C@@H](C(=O)NCCCNc2ccccc2)O1. The van der Waals surface area contributed by atoms with Crippen molar-refractivity contribution in [2.75, 3.05) is 25.0 Å². The summed E-state index contributed by atoms with van der Waals surface area (Å²) in [6.07, 6.45) is 2.27. The van der Waals surface area contributed by atoms with E-state index in [9.17, 15) is 4.79 Å². The summed E-state index contributed by atoms with van der Waals surface area (Å²) in [4.78, 5) is 11.8. The predicted octanol–water partition coefficient (Wildman–Crippen LogP) is 1.95. The van der Waals surface area contributed by atoms with Crippen molar-refractivity contribution in [2.45, 2.75) is 31.5 Å². The van der Waals surface area contributed by atoms with Crippen LogP contribution in [0.3, 0.4) is 0 Å². The number of para-hydroxylation sites is 1. The number of hydrogen-bond donors (Lipinski definition) is 3. The Balaban J connectivity index is 0.00000220. The second-order valence-electron chi connectivity index (χ2n) is 5.00. The third-order valence-corrected chi connectivity index (χ3v) is 3.42. The molecule has 0 unspecified atom stereocenters. The molecule has 1 aliphatic rings. The number of anilines is 1. The van der Waals surface area contributed by atoms with E-state index in [1.807, 2.05) is 30.3 Å². The summed E-state index contributed by atoms with van der Waals surface area (Å²) in [5.41, 5.74) is 6.63. The largest absolute Gasteiger partial charge is 0.385 e. The predicted molar refractivity (Wildman–Crippen MR) is 94.0 cm³/mol. The molecule has 0 bridgehead atoms. The Morgan fingerprint density at radius 2 is 1.91 bits per heavy atom. The summed E-state index contributed by atoms with van der Waals surface area (Å²) < 4.78 is 5.55. The van der Waals surface area contributed by atoms with Gasteiger partial charge >= 0.3 is 0 Å². The van der Waals surface area contributed by atoms with Crippen LogP contribution in [0.1, 0.15) is 19.3 Å². The number of ether oxygens (including phenoxy) is 1. The van der Waals surface area contributed by atoms with Crippen LogP contribution in [-0.2, 0) is 9.53 Å². The highest BCUT2D eigenvalue weighted by Gasteiger charge is 2.29. The molecule has 0 saturated carbocycles.